The molecule has 2 aliphatic heterocycles. The van der Waals surface area contributed by atoms with Crippen LogP contribution in [0.25, 0.3) is 0 Å². The van der Waals surface area contributed by atoms with E-state index >= 15 is 0 Å². The summed E-state index contributed by atoms with van der Waals surface area (Å²) in [5.41, 5.74) is 1.04. The lowest BCUT2D eigenvalue weighted by molar-refractivity contribution is -0.198. The van der Waals surface area contributed by atoms with Crippen LogP contribution in [0.4, 0.5) is 19.0 Å². The summed E-state index contributed by atoms with van der Waals surface area (Å²) in [4.78, 5) is 9.54. The maximum atomic E-state index is 12.6. The predicted molar refractivity (Wildman–Crippen MR) is 94.0 cm³/mol. The van der Waals surface area contributed by atoms with Gasteiger partial charge in [-0.15, -0.1) is 0 Å². The van der Waals surface area contributed by atoms with Gasteiger partial charge < -0.3 is 9.88 Å². The quantitative estimate of drug-likeness (QED) is 0.783. The summed E-state index contributed by atoms with van der Waals surface area (Å²) < 4.78 is 63.3. The summed E-state index contributed by atoms with van der Waals surface area (Å²) in [5.74, 6) is -0.846. The summed E-state index contributed by atoms with van der Waals surface area (Å²) >= 11 is 0. The van der Waals surface area contributed by atoms with Crippen LogP contribution in [-0.4, -0.2) is 67.1 Å². The molecule has 3 heterocycles. The first-order valence-electron chi connectivity index (χ1n) is 8.89. The van der Waals surface area contributed by atoms with Gasteiger partial charge in [0.15, 0.2) is 0 Å². The zero-order chi connectivity index (χ0) is 19.4. The molecule has 150 valence electrons. The Balaban J connectivity index is 1.31. The first-order valence-corrected chi connectivity index (χ1v) is 10.5. The van der Waals surface area contributed by atoms with E-state index in [1.165, 1.54) is 0 Å². The number of halogens is 3. The van der Waals surface area contributed by atoms with Crippen molar-refractivity contribution in [3.8, 4) is 0 Å². The molecule has 1 atom stereocenters. The number of hydrogen-bond acceptors (Lipinski definition) is 5. The van der Waals surface area contributed by atoms with Crippen LogP contribution in [0.2, 0.25) is 0 Å². The molecule has 0 radical (unpaired) electrons. The summed E-state index contributed by atoms with van der Waals surface area (Å²) in [6.45, 7) is -0.891. The Morgan fingerprint density at radius 2 is 2.04 bits per heavy atom. The van der Waals surface area contributed by atoms with Crippen molar-refractivity contribution in [1.82, 2.24) is 19.5 Å². The van der Waals surface area contributed by atoms with E-state index < -0.39 is 35.2 Å². The number of nitrogens with zero attached hydrogens (tertiary/aromatic N) is 3. The van der Waals surface area contributed by atoms with Gasteiger partial charge in [0.2, 0.25) is 10.0 Å². The third kappa shape index (κ3) is 3.36. The number of sulfonamides is 1. The molecule has 1 aliphatic carbocycles. The molecule has 27 heavy (non-hydrogen) atoms. The Bertz CT molecular complexity index is 825. The lowest BCUT2D eigenvalue weighted by Crippen LogP contribution is -2.57. The Morgan fingerprint density at radius 3 is 2.67 bits per heavy atom. The Kier molecular flexibility index (Phi) is 4.51. The average molecular weight is 405 g/mol. The van der Waals surface area contributed by atoms with Crippen LogP contribution in [0, 0.1) is 11.8 Å². The molecule has 2 N–H and O–H groups in total. The van der Waals surface area contributed by atoms with Crippen molar-refractivity contribution in [2.45, 2.75) is 31.2 Å². The minimum atomic E-state index is -4.32. The Hall–Kier alpha value is -1.59. The van der Waals surface area contributed by atoms with Gasteiger partial charge in [0.1, 0.15) is 12.0 Å². The van der Waals surface area contributed by atoms with Crippen LogP contribution < -0.4 is 5.32 Å². The SMILES string of the molecule is CNC1c2cc[nH]c2N=CN1[C@H]1C[C@H](CS(=O)(=O)N2CC(C(F)(F)F)C2)C1. The fourth-order valence-corrected chi connectivity index (χ4v) is 5.91. The molecule has 0 bridgehead atoms. The summed E-state index contributed by atoms with van der Waals surface area (Å²) in [5, 5.41) is 3.25. The lowest BCUT2D eigenvalue weighted by atomic mass is 9.80. The van der Waals surface area contributed by atoms with E-state index in [1.807, 2.05) is 19.3 Å². The monoisotopic (exact) mass is 405 g/mol. The van der Waals surface area contributed by atoms with E-state index in [4.69, 9.17) is 0 Å². The molecule has 1 saturated carbocycles. The highest BCUT2D eigenvalue weighted by molar-refractivity contribution is 7.89. The second kappa shape index (κ2) is 6.49. The van der Waals surface area contributed by atoms with E-state index in [-0.39, 0.29) is 23.9 Å². The summed E-state index contributed by atoms with van der Waals surface area (Å²) in [6.07, 6.45) is 0.598. The van der Waals surface area contributed by atoms with Crippen molar-refractivity contribution < 1.29 is 21.6 Å². The molecule has 1 saturated heterocycles. The number of nitrogens with one attached hydrogen (secondary N) is 2. The third-order valence-corrected chi connectivity index (χ3v) is 7.70. The van der Waals surface area contributed by atoms with Crippen LogP contribution in [0.1, 0.15) is 24.6 Å². The van der Waals surface area contributed by atoms with Gasteiger partial charge in [-0.1, -0.05) is 0 Å². The lowest BCUT2D eigenvalue weighted by Gasteiger charge is -2.47. The minimum absolute atomic E-state index is 0.0331. The highest BCUT2D eigenvalue weighted by Crippen LogP contribution is 2.41. The fourth-order valence-electron chi connectivity index (χ4n) is 4.02. The normalized spacial score (nSPS) is 29.3. The van der Waals surface area contributed by atoms with Crippen molar-refractivity contribution in [3.05, 3.63) is 17.8 Å². The van der Waals surface area contributed by atoms with E-state index in [9.17, 15) is 21.6 Å². The number of aliphatic imine (C=N–C) groups is 1. The number of aromatic amines is 1. The molecule has 3 aliphatic rings. The van der Waals surface area contributed by atoms with Gasteiger partial charge in [-0.2, -0.15) is 13.2 Å². The Morgan fingerprint density at radius 1 is 1.33 bits per heavy atom. The van der Waals surface area contributed by atoms with E-state index in [1.54, 1.807) is 6.34 Å². The zero-order valence-electron chi connectivity index (χ0n) is 14.8. The van der Waals surface area contributed by atoms with Crippen LogP contribution >= 0.6 is 0 Å². The van der Waals surface area contributed by atoms with Crippen molar-refractivity contribution >= 4 is 22.2 Å². The standard InChI is InChI=1S/C16H22F3N5O2S/c1-20-15-13-2-3-21-14(13)22-9-24(15)12-4-10(5-12)8-27(25,26)23-6-11(7-23)16(17,18)19/h2-3,9-12,15,20-21H,4-8H2,1H3/t10-,12-,15?. The first-order chi connectivity index (χ1) is 12.7. The molecule has 0 aromatic carbocycles. The average Bonchev–Trinajstić information content (AvgIpc) is 2.94. The molecule has 4 rings (SSSR count). The van der Waals surface area contributed by atoms with Crippen molar-refractivity contribution in [2.75, 3.05) is 25.9 Å². The number of hydrogen-bond donors (Lipinski definition) is 2. The number of rotatable bonds is 5. The van der Waals surface area contributed by atoms with E-state index in [0.29, 0.717) is 12.8 Å². The number of fused-ring (bicyclic) bond motifs is 1. The third-order valence-electron chi connectivity index (χ3n) is 5.73. The van der Waals surface area contributed by atoms with Gasteiger partial charge in [-0.25, -0.2) is 17.7 Å². The first kappa shape index (κ1) is 18.8. The highest BCUT2D eigenvalue weighted by atomic mass is 32.2. The second-order valence-corrected chi connectivity index (χ2v) is 9.50. The minimum Gasteiger partial charge on any atom is -0.346 e. The number of alkyl halides is 3. The van der Waals surface area contributed by atoms with Crippen LogP contribution in [0.3, 0.4) is 0 Å². The largest absolute Gasteiger partial charge is 0.394 e. The molecule has 7 nitrogen and oxygen atoms in total. The maximum absolute atomic E-state index is 12.6. The highest BCUT2D eigenvalue weighted by Gasteiger charge is 2.51. The maximum Gasteiger partial charge on any atom is 0.394 e. The number of H-pyrrole nitrogens is 1. The van der Waals surface area contributed by atoms with E-state index in [0.717, 1.165) is 15.7 Å². The fraction of sp³-hybridized carbons (Fsp3) is 0.688. The molecule has 1 unspecified atom stereocenters. The van der Waals surface area contributed by atoms with Crippen LogP contribution in [-0.2, 0) is 10.0 Å². The summed E-state index contributed by atoms with van der Waals surface area (Å²) in [6, 6.07) is 2.12. The molecule has 1 aromatic rings. The zero-order valence-corrected chi connectivity index (χ0v) is 15.6. The molecule has 0 spiro atoms. The van der Waals surface area contributed by atoms with Crippen molar-refractivity contribution in [3.63, 3.8) is 0 Å². The van der Waals surface area contributed by atoms with Gasteiger partial charge in [-0.3, -0.25) is 5.32 Å². The van der Waals surface area contributed by atoms with Gasteiger partial charge in [0.25, 0.3) is 0 Å². The van der Waals surface area contributed by atoms with Gasteiger partial charge in [0, 0.05) is 30.9 Å². The van der Waals surface area contributed by atoms with Crippen LogP contribution in [0.15, 0.2) is 17.3 Å². The van der Waals surface area contributed by atoms with Crippen LogP contribution in [0.5, 0.6) is 0 Å². The van der Waals surface area contributed by atoms with Gasteiger partial charge in [0.05, 0.1) is 18.0 Å². The molecular weight excluding hydrogens is 383 g/mol. The van der Waals surface area contributed by atoms with Gasteiger partial charge >= 0.3 is 6.18 Å². The number of aromatic nitrogens is 1. The topological polar surface area (TPSA) is 80.8 Å². The van der Waals surface area contributed by atoms with E-state index in [2.05, 4.69) is 20.2 Å². The van der Waals surface area contributed by atoms with Gasteiger partial charge in [-0.05, 0) is 31.9 Å². The molecule has 0 amide bonds. The summed E-state index contributed by atoms with van der Waals surface area (Å²) in [7, 11) is -1.77. The molecule has 1 aromatic heterocycles. The molecular formula is C16H22F3N5O2S. The van der Waals surface area contributed by atoms with Crippen molar-refractivity contribution in [1.29, 1.82) is 0 Å². The smallest absolute Gasteiger partial charge is 0.346 e. The van der Waals surface area contributed by atoms with Crippen molar-refractivity contribution in [2.24, 2.45) is 16.8 Å². The molecule has 11 heteroatoms. The predicted octanol–water partition coefficient (Wildman–Crippen LogP) is 1.81. The Labute approximate surface area is 155 Å². The molecule has 2 fully saturated rings. The second-order valence-electron chi connectivity index (χ2n) is 7.49.